The van der Waals surface area contributed by atoms with Gasteiger partial charge in [-0.15, -0.1) is 0 Å². The van der Waals surface area contributed by atoms with Crippen LogP contribution in [-0.2, 0) is 9.53 Å². The second kappa shape index (κ2) is 9.09. The van der Waals surface area contributed by atoms with E-state index < -0.39 is 17.7 Å². The average Bonchev–Trinajstić information content (AvgIpc) is 3.10. The number of nitrogens with one attached hydrogen (secondary N) is 2. The molecule has 0 radical (unpaired) electrons. The molecule has 2 N–H and O–H groups in total. The van der Waals surface area contributed by atoms with Crippen LogP contribution in [0.25, 0.3) is 0 Å². The molecule has 2 aromatic rings. The van der Waals surface area contributed by atoms with Gasteiger partial charge < -0.3 is 24.5 Å². The lowest BCUT2D eigenvalue weighted by Gasteiger charge is -2.12. The monoisotopic (exact) mass is 383 g/mol. The van der Waals surface area contributed by atoms with E-state index in [9.17, 15) is 14.0 Å². The van der Waals surface area contributed by atoms with Gasteiger partial charge >= 0.3 is 5.97 Å². The van der Waals surface area contributed by atoms with Crippen molar-refractivity contribution in [3.05, 3.63) is 29.8 Å². The third kappa shape index (κ3) is 4.66. The van der Waals surface area contributed by atoms with Crippen molar-refractivity contribution in [2.24, 2.45) is 0 Å². The van der Waals surface area contributed by atoms with Gasteiger partial charge in [0.05, 0.1) is 32.3 Å². The van der Waals surface area contributed by atoms with Gasteiger partial charge in [0.25, 0.3) is 0 Å². The summed E-state index contributed by atoms with van der Waals surface area (Å²) < 4.78 is 28.8. The number of ether oxygens (including phenoxy) is 3. The van der Waals surface area contributed by atoms with Crippen LogP contribution in [0.4, 0.5) is 10.1 Å². The predicted molar refractivity (Wildman–Crippen MR) is 93.4 cm³/mol. The molecule has 26 heavy (non-hydrogen) atoms. The normalized spacial score (nSPS) is 10.3. The molecule has 0 spiro atoms. The van der Waals surface area contributed by atoms with Gasteiger partial charge in [-0.3, -0.25) is 4.79 Å². The number of carbonyl (C=O) groups is 2. The molecule has 0 aliphatic heterocycles. The van der Waals surface area contributed by atoms with Crippen molar-refractivity contribution in [2.75, 3.05) is 31.9 Å². The van der Waals surface area contributed by atoms with Crippen molar-refractivity contribution in [3.63, 3.8) is 0 Å². The molecular formula is C16H18FN3O5S. The molecule has 0 aliphatic rings. The Bertz CT molecular complexity index is 796. The maximum Gasteiger partial charge on any atom is 0.358 e. The molecule has 0 saturated heterocycles. The van der Waals surface area contributed by atoms with Crippen molar-refractivity contribution in [2.45, 2.75) is 12.1 Å². The minimum Gasteiger partial charge on any atom is -0.494 e. The quantitative estimate of drug-likeness (QED) is 0.533. The number of halogens is 1. The highest BCUT2D eigenvalue weighted by Gasteiger charge is 2.17. The first-order valence-corrected chi connectivity index (χ1v) is 8.54. The molecule has 0 atom stereocenters. The van der Waals surface area contributed by atoms with Crippen LogP contribution in [-0.4, -0.2) is 48.4 Å². The first kappa shape index (κ1) is 19.6. The number of amides is 1. The minimum absolute atomic E-state index is 0.00736. The lowest BCUT2D eigenvalue weighted by atomic mass is 10.2. The third-order valence-electron chi connectivity index (χ3n) is 3.14. The van der Waals surface area contributed by atoms with Gasteiger partial charge in [0, 0.05) is 6.20 Å². The minimum atomic E-state index is -0.703. The van der Waals surface area contributed by atoms with Crippen LogP contribution in [0.5, 0.6) is 11.5 Å². The number of rotatable bonds is 8. The summed E-state index contributed by atoms with van der Waals surface area (Å²) in [6.07, 6.45) is 1.40. The largest absolute Gasteiger partial charge is 0.494 e. The highest BCUT2D eigenvalue weighted by Crippen LogP contribution is 2.34. The van der Waals surface area contributed by atoms with Crippen LogP contribution in [0.2, 0.25) is 0 Å². The molecule has 0 saturated carbocycles. The average molecular weight is 383 g/mol. The van der Waals surface area contributed by atoms with Crippen molar-refractivity contribution in [1.29, 1.82) is 0 Å². The molecule has 8 nitrogen and oxygen atoms in total. The van der Waals surface area contributed by atoms with Gasteiger partial charge in [0.2, 0.25) is 11.7 Å². The molecule has 2 rings (SSSR count). The fourth-order valence-corrected chi connectivity index (χ4v) is 2.65. The first-order chi connectivity index (χ1) is 12.5. The highest BCUT2D eigenvalue weighted by molar-refractivity contribution is 7.99. The topological polar surface area (TPSA) is 103 Å². The summed E-state index contributed by atoms with van der Waals surface area (Å²) in [6.45, 7) is 1.94. The van der Waals surface area contributed by atoms with Crippen LogP contribution in [0, 0.1) is 5.82 Å². The summed E-state index contributed by atoms with van der Waals surface area (Å²) in [5.74, 6) is -1.76. The molecular weight excluding hydrogens is 365 g/mol. The zero-order valence-corrected chi connectivity index (χ0v) is 15.2. The Morgan fingerprint density at radius 2 is 2.08 bits per heavy atom. The molecule has 0 unspecified atom stereocenters. The number of hydrogen-bond acceptors (Lipinski definition) is 7. The molecule has 0 aliphatic carbocycles. The van der Waals surface area contributed by atoms with Crippen molar-refractivity contribution < 1.29 is 28.2 Å². The number of hydrogen-bond donors (Lipinski definition) is 2. The Morgan fingerprint density at radius 1 is 1.31 bits per heavy atom. The summed E-state index contributed by atoms with van der Waals surface area (Å²) >= 11 is 1.08. The van der Waals surface area contributed by atoms with E-state index in [4.69, 9.17) is 14.2 Å². The number of aromatic amines is 1. The van der Waals surface area contributed by atoms with E-state index in [2.05, 4.69) is 15.3 Å². The lowest BCUT2D eigenvalue weighted by Crippen LogP contribution is -2.15. The number of anilines is 1. The fourth-order valence-electron chi connectivity index (χ4n) is 2.00. The Morgan fingerprint density at radius 3 is 2.73 bits per heavy atom. The fraction of sp³-hybridized carbons (Fsp3) is 0.312. The lowest BCUT2D eigenvalue weighted by molar-refractivity contribution is -0.113. The molecule has 0 bridgehead atoms. The number of esters is 1. The maximum atomic E-state index is 14.1. The number of benzene rings is 1. The molecule has 1 amide bonds. The predicted octanol–water partition coefficient (Wildman–Crippen LogP) is 2.47. The summed E-state index contributed by atoms with van der Waals surface area (Å²) in [6, 6.07) is 2.87. The van der Waals surface area contributed by atoms with E-state index in [0.29, 0.717) is 5.16 Å². The smallest absolute Gasteiger partial charge is 0.358 e. The third-order valence-corrected chi connectivity index (χ3v) is 4.03. The van der Waals surface area contributed by atoms with Gasteiger partial charge in [-0.2, -0.15) is 4.39 Å². The van der Waals surface area contributed by atoms with Gasteiger partial charge in [0.1, 0.15) is 0 Å². The maximum absolute atomic E-state index is 14.1. The first-order valence-electron chi connectivity index (χ1n) is 7.55. The number of carbonyl (C=O) groups excluding carboxylic acids is 2. The second-order valence-electron chi connectivity index (χ2n) is 4.81. The second-order valence-corrected chi connectivity index (χ2v) is 5.77. The summed E-state index contributed by atoms with van der Waals surface area (Å²) in [7, 11) is 2.63. The molecule has 1 aromatic carbocycles. The van der Waals surface area contributed by atoms with Crippen LogP contribution < -0.4 is 14.8 Å². The van der Waals surface area contributed by atoms with E-state index in [-0.39, 0.29) is 35.2 Å². The van der Waals surface area contributed by atoms with Crippen LogP contribution in [0.15, 0.2) is 23.5 Å². The van der Waals surface area contributed by atoms with Crippen LogP contribution in [0.1, 0.15) is 17.4 Å². The van der Waals surface area contributed by atoms with Crippen LogP contribution in [0.3, 0.4) is 0 Å². The summed E-state index contributed by atoms with van der Waals surface area (Å²) in [5.41, 5.74) is 0.316. The number of H-pyrrole nitrogens is 1. The number of aromatic nitrogens is 2. The van der Waals surface area contributed by atoms with E-state index >= 15 is 0 Å². The molecule has 1 aromatic heterocycles. The van der Waals surface area contributed by atoms with E-state index in [0.717, 1.165) is 11.8 Å². The SMILES string of the molecule is CCOC(=O)c1c[nH]c(SCC(=O)Nc2ccc(OC)c(F)c2OC)n1. The van der Waals surface area contributed by atoms with Crippen molar-refractivity contribution in [1.82, 2.24) is 9.97 Å². The van der Waals surface area contributed by atoms with Crippen molar-refractivity contribution >= 4 is 29.3 Å². The zero-order valence-electron chi connectivity index (χ0n) is 14.4. The Balaban J connectivity index is 1.97. The summed E-state index contributed by atoms with van der Waals surface area (Å²) in [5, 5.41) is 2.95. The van der Waals surface area contributed by atoms with Gasteiger partial charge in [-0.1, -0.05) is 11.8 Å². The van der Waals surface area contributed by atoms with Gasteiger partial charge in [0.15, 0.2) is 22.3 Å². The molecule has 1 heterocycles. The Hall–Kier alpha value is -2.75. The summed E-state index contributed by atoms with van der Waals surface area (Å²) in [4.78, 5) is 30.4. The number of methoxy groups -OCH3 is 2. The van der Waals surface area contributed by atoms with Crippen LogP contribution >= 0.6 is 11.8 Å². The number of thioether (sulfide) groups is 1. The van der Waals surface area contributed by atoms with Crippen molar-refractivity contribution in [3.8, 4) is 11.5 Å². The standard InChI is InChI=1S/C16H18FN3O5S/c1-4-25-15(22)10-7-18-16(20-10)26-8-12(21)19-9-5-6-11(23-2)13(17)14(9)24-3/h5-7H,4,8H2,1-3H3,(H,18,20)(H,19,21). The van der Waals surface area contributed by atoms with Gasteiger partial charge in [-0.25, -0.2) is 9.78 Å². The zero-order chi connectivity index (χ0) is 19.1. The van der Waals surface area contributed by atoms with E-state index in [1.54, 1.807) is 6.92 Å². The number of imidazole rings is 1. The highest BCUT2D eigenvalue weighted by atomic mass is 32.2. The van der Waals surface area contributed by atoms with Gasteiger partial charge in [-0.05, 0) is 19.1 Å². The van der Waals surface area contributed by atoms with E-state index in [1.165, 1.54) is 32.5 Å². The number of nitrogens with zero attached hydrogens (tertiary/aromatic N) is 1. The Labute approximate surface area is 153 Å². The molecule has 140 valence electrons. The molecule has 10 heteroatoms. The Kier molecular flexibility index (Phi) is 6.84. The molecule has 0 fully saturated rings. The van der Waals surface area contributed by atoms with E-state index in [1.807, 2.05) is 0 Å².